The third kappa shape index (κ3) is 10.4. The fourth-order valence-electron chi connectivity index (χ4n) is 1.10. The van der Waals surface area contributed by atoms with E-state index in [1.807, 2.05) is 34.6 Å². The van der Waals surface area contributed by atoms with E-state index in [9.17, 15) is 5.11 Å². The van der Waals surface area contributed by atoms with Crippen LogP contribution < -0.4 is 5.32 Å². The highest BCUT2D eigenvalue weighted by Gasteiger charge is 2.14. The molecular formula is C12H27NO3. The van der Waals surface area contributed by atoms with Crippen LogP contribution in [-0.4, -0.2) is 49.2 Å². The van der Waals surface area contributed by atoms with E-state index in [0.29, 0.717) is 19.8 Å². The van der Waals surface area contributed by atoms with Gasteiger partial charge in [-0.1, -0.05) is 0 Å². The lowest BCUT2D eigenvalue weighted by molar-refractivity contribution is -0.0487. The van der Waals surface area contributed by atoms with Gasteiger partial charge in [-0.3, -0.25) is 0 Å². The van der Waals surface area contributed by atoms with Gasteiger partial charge in [-0.05, 0) is 34.6 Å². The van der Waals surface area contributed by atoms with Crippen LogP contribution >= 0.6 is 0 Å². The average molecular weight is 233 g/mol. The predicted octanol–water partition coefficient (Wildman–Crippen LogP) is 1.18. The van der Waals surface area contributed by atoms with E-state index < -0.39 is 6.10 Å². The molecule has 0 aromatic carbocycles. The number of aliphatic hydroxyl groups excluding tert-OH is 1. The molecule has 0 bridgehead atoms. The Morgan fingerprint density at radius 2 is 1.88 bits per heavy atom. The Balaban J connectivity index is 3.53. The van der Waals surface area contributed by atoms with Gasteiger partial charge in [0.15, 0.2) is 0 Å². The summed E-state index contributed by atoms with van der Waals surface area (Å²) >= 11 is 0. The molecule has 0 aliphatic carbocycles. The molecule has 0 radical (unpaired) electrons. The van der Waals surface area contributed by atoms with Crippen molar-refractivity contribution in [2.75, 3.05) is 26.4 Å². The van der Waals surface area contributed by atoms with Crippen molar-refractivity contribution in [3.8, 4) is 0 Å². The summed E-state index contributed by atoms with van der Waals surface area (Å²) in [5.74, 6) is 0. The molecule has 2 atom stereocenters. The van der Waals surface area contributed by atoms with E-state index in [1.165, 1.54) is 0 Å². The van der Waals surface area contributed by atoms with E-state index in [1.54, 1.807) is 0 Å². The van der Waals surface area contributed by atoms with Crippen LogP contribution in [0.4, 0.5) is 0 Å². The van der Waals surface area contributed by atoms with Crippen molar-refractivity contribution in [3.05, 3.63) is 0 Å². The van der Waals surface area contributed by atoms with Crippen molar-refractivity contribution in [1.29, 1.82) is 0 Å². The molecule has 0 aromatic heterocycles. The van der Waals surface area contributed by atoms with Gasteiger partial charge in [-0.2, -0.15) is 0 Å². The summed E-state index contributed by atoms with van der Waals surface area (Å²) in [5.41, 5.74) is -0.197. The zero-order valence-electron chi connectivity index (χ0n) is 11.2. The van der Waals surface area contributed by atoms with Crippen molar-refractivity contribution in [3.63, 3.8) is 0 Å². The Bertz CT molecular complexity index is 168. The molecule has 98 valence electrons. The van der Waals surface area contributed by atoms with E-state index in [0.717, 1.165) is 6.61 Å². The lowest BCUT2D eigenvalue weighted by atomic mass is 10.2. The first-order valence-electron chi connectivity index (χ1n) is 5.98. The van der Waals surface area contributed by atoms with Gasteiger partial charge in [-0.25, -0.2) is 0 Å². The molecule has 0 saturated heterocycles. The maximum atomic E-state index is 9.66. The lowest BCUT2D eigenvalue weighted by Crippen LogP contribution is -2.39. The second kappa shape index (κ2) is 8.01. The SMILES string of the molecule is CCOCC(C)NCC(O)COC(C)(C)C. The summed E-state index contributed by atoms with van der Waals surface area (Å²) in [6.07, 6.45) is -0.469. The van der Waals surface area contributed by atoms with E-state index in [2.05, 4.69) is 5.32 Å². The van der Waals surface area contributed by atoms with Crippen molar-refractivity contribution < 1.29 is 14.6 Å². The monoisotopic (exact) mass is 233 g/mol. The summed E-state index contributed by atoms with van der Waals surface area (Å²) < 4.78 is 10.7. The summed E-state index contributed by atoms with van der Waals surface area (Å²) in [5, 5.41) is 12.9. The zero-order valence-corrected chi connectivity index (χ0v) is 11.2. The van der Waals surface area contributed by atoms with Crippen LogP contribution in [0.2, 0.25) is 0 Å². The number of rotatable bonds is 8. The lowest BCUT2D eigenvalue weighted by Gasteiger charge is -2.23. The molecule has 0 heterocycles. The summed E-state index contributed by atoms with van der Waals surface area (Å²) in [7, 11) is 0. The van der Waals surface area contributed by atoms with Crippen molar-refractivity contribution >= 4 is 0 Å². The second-order valence-electron chi connectivity index (χ2n) is 5.05. The minimum absolute atomic E-state index is 0.197. The molecule has 4 heteroatoms. The number of hydrogen-bond donors (Lipinski definition) is 2. The third-order valence-corrected chi connectivity index (χ3v) is 1.98. The maximum absolute atomic E-state index is 9.66. The van der Waals surface area contributed by atoms with Gasteiger partial charge in [0, 0.05) is 19.2 Å². The van der Waals surface area contributed by atoms with Gasteiger partial charge >= 0.3 is 0 Å². The summed E-state index contributed by atoms with van der Waals surface area (Å²) in [6, 6.07) is 0.254. The highest BCUT2D eigenvalue weighted by Crippen LogP contribution is 2.06. The summed E-state index contributed by atoms with van der Waals surface area (Å²) in [4.78, 5) is 0. The third-order valence-electron chi connectivity index (χ3n) is 1.98. The van der Waals surface area contributed by atoms with Gasteiger partial charge in [0.2, 0.25) is 0 Å². The molecule has 0 aliphatic rings. The maximum Gasteiger partial charge on any atom is 0.0898 e. The van der Waals surface area contributed by atoms with Gasteiger partial charge in [-0.15, -0.1) is 0 Å². The van der Waals surface area contributed by atoms with Crippen LogP contribution in [0.15, 0.2) is 0 Å². The molecule has 4 nitrogen and oxygen atoms in total. The van der Waals surface area contributed by atoms with Gasteiger partial charge in [0.05, 0.1) is 24.9 Å². The predicted molar refractivity (Wildman–Crippen MR) is 65.7 cm³/mol. The second-order valence-corrected chi connectivity index (χ2v) is 5.05. The fourth-order valence-corrected chi connectivity index (χ4v) is 1.10. The van der Waals surface area contributed by atoms with Crippen LogP contribution in [0, 0.1) is 0 Å². The molecule has 0 fully saturated rings. The summed E-state index contributed by atoms with van der Waals surface area (Å²) in [6.45, 7) is 12.2. The minimum atomic E-state index is -0.469. The first-order valence-corrected chi connectivity index (χ1v) is 5.98. The number of nitrogens with one attached hydrogen (secondary N) is 1. The van der Waals surface area contributed by atoms with Crippen molar-refractivity contribution in [1.82, 2.24) is 5.32 Å². The fraction of sp³-hybridized carbons (Fsp3) is 1.00. The van der Waals surface area contributed by atoms with Crippen LogP contribution in [-0.2, 0) is 9.47 Å². The average Bonchev–Trinajstić information content (AvgIpc) is 2.19. The quantitative estimate of drug-likeness (QED) is 0.661. The van der Waals surface area contributed by atoms with Gasteiger partial charge < -0.3 is 19.9 Å². The molecule has 0 spiro atoms. The van der Waals surface area contributed by atoms with Crippen LogP contribution in [0.3, 0.4) is 0 Å². The molecule has 2 N–H and O–H groups in total. The molecular weight excluding hydrogens is 206 g/mol. The zero-order chi connectivity index (χ0) is 12.6. The van der Waals surface area contributed by atoms with Gasteiger partial charge in [0.25, 0.3) is 0 Å². The smallest absolute Gasteiger partial charge is 0.0898 e. The highest BCUT2D eigenvalue weighted by molar-refractivity contribution is 4.67. The van der Waals surface area contributed by atoms with Crippen LogP contribution in [0.5, 0.6) is 0 Å². The molecule has 0 saturated carbocycles. The Morgan fingerprint density at radius 1 is 1.25 bits per heavy atom. The van der Waals surface area contributed by atoms with E-state index in [-0.39, 0.29) is 11.6 Å². The van der Waals surface area contributed by atoms with Crippen molar-refractivity contribution in [2.24, 2.45) is 0 Å². The Kier molecular flexibility index (Phi) is 7.93. The normalized spacial score (nSPS) is 16.1. The molecule has 0 rings (SSSR count). The number of ether oxygens (including phenoxy) is 2. The molecule has 0 aliphatic heterocycles. The molecule has 0 aromatic rings. The minimum Gasteiger partial charge on any atom is -0.389 e. The van der Waals surface area contributed by atoms with Crippen molar-refractivity contribution in [2.45, 2.75) is 52.4 Å². The molecule has 2 unspecified atom stereocenters. The van der Waals surface area contributed by atoms with Crippen LogP contribution in [0.1, 0.15) is 34.6 Å². The first-order chi connectivity index (χ1) is 7.35. The Morgan fingerprint density at radius 3 is 2.38 bits per heavy atom. The van der Waals surface area contributed by atoms with Gasteiger partial charge in [0.1, 0.15) is 0 Å². The number of aliphatic hydroxyl groups is 1. The van der Waals surface area contributed by atoms with E-state index in [4.69, 9.17) is 9.47 Å². The Labute approximate surface area is 99.3 Å². The van der Waals surface area contributed by atoms with Crippen LogP contribution in [0.25, 0.3) is 0 Å². The largest absolute Gasteiger partial charge is 0.389 e. The first kappa shape index (κ1) is 15.8. The topological polar surface area (TPSA) is 50.7 Å². The van der Waals surface area contributed by atoms with E-state index >= 15 is 0 Å². The highest BCUT2D eigenvalue weighted by atomic mass is 16.5. The standard InChI is InChI=1S/C12H27NO3/c1-6-15-8-10(2)13-7-11(14)9-16-12(3,4)5/h10-11,13-14H,6-9H2,1-5H3. The molecule has 16 heavy (non-hydrogen) atoms. The molecule has 0 amide bonds. The Hall–Kier alpha value is -0.160. The number of hydrogen-bond acceptors (Lipinski definition) is 4.